The molecule has 22 heavy (non-hydrogen) atoms. The van der Waals surface area contributed by atoms with Gasteiger partial charge in [0.15, 0.2) is 11.5 Å². The summed E-state index contributed by atoms with van der Waals surface area (Å²) in [6, 6.07) is 9.96. The first-order chi connectivity index (χ1) is 10.6. The number of ether oxygens (including phenoxy) is 2. The lowest BCUT2D eigenvalue weighted by Crippen LogP contribution is -2.36. The van der Waals surface area contributed by atoms with Crippen LogP contribution in [0.5, 0.6) is 11.5 Å². The van der Waals surface area contributed by atoms with Gasteiger partial charge in [0.05, 0.1) is 4.88 Å². The molecule has 1 aromatic carbocycles. The number of carbonyl (C=O) groups excluding carboxylic acids is 1. The Morgan fingerprint density at radius 1 is 1.23 bits per heavy atom. The lowest BCUT2D eigenvalue weighted by molar-refractivity contribution is 0.0722. The third-order valence-corrected chi connectivity index (χ3v) is 4.82. The Morgan fingerprint density at radius 2 is 2.00 bits per heavy atom. The maximum atomic E-state index is 12.5. The number of hydrogen-bond acceptors (Lipinski definition) is 4. The Labute approximate surface area is 134 Å². The van der Waals surface area contributed by atoms with Crippen molar-refractivity contribution in [2.24, 2.45) is 0 Å². The first-order valence-corrected chi connectivity index (χ1v) is 8.22. The van der Waals surface area contributed by atoms with Crippen LogP contribution in [0.1, 0.15) is 30.4 Å². The Morgan fingerprint density at radius 3 is 2.73 bits per heavy atom. The predicted molar refractivity (Wildman–Crippen MR) is 87.7 cm³/mol. The van der Waals surface area contributed by atoms with Crippen LogP contribution in [0.25, 0.3) is 10.4 Å². The van der Waals surface area contributed by atoms with Crippen molar-refractivity contribution in [2.45, 2.75) is 26.8 Å². The number of nitrogens with zero attached hydrogens (tertiary/aromatic N) is 1. The van der Waals surface area contributed by atoms with Gasteiger partial charge in [0, 0.05) is 17.5 Å². The quantitative estimate of drug-likeness (QED) is 0.855. The molecule has 5 heteroatoms. The van der Waals surface area contributed by atoms with Crippen molar-refractivity contribution in [3.05, 3.63) is 35.2 Å². The van der Waals surface area contributed by atoms with E-state index in [-0.39, 0.29) is 18.7 Å². The first-order valence-electron chi connectivity index (χ1n) is 7.41. The van der Waals surface area contributed by atoms with Gasteiger partial charge < -0.3 is 14.4 Å². The Balaban J connectivity index is 1.86. The van der Waals surface area contributed by atoms with Crippen molar-refractivity contribution in [3.8, 4) is 21.9 Å². The molecular formula is C17H19NO3S. The van der Waals surface area contributed by atoms with Crippen molar-refractivity contribution in [1.29, 1.82) is 0 Å². The maximum absolute atomic E-state index is 12.5. The van der Waals surface area contributed by atoms with E-state index in [9.17, 15) is 4.79 Å². The molecule has 1 aliphatic rings. The standard InChI is InChI=1S/C17H19NO3S/c1-4-18(11(2)3)17(19)16-8-7-15(22-16)12-5-6-13-14(9-12)21-10-20-13/h5-9,11H,4,10H2,1-3H3. The van der Waals surface area contributed by atoms with Crippen LogP contribution in [-0.4, -0.2) is 30.2 Å². The van der Waals surface area contributed by atoms with Crippen molar-refractivity contribution < 1.29 is 14.3 Å². The van der Waals surface area contributed by atoms with Crippen LogP contribution in [0.4, 0.5) is 0 Å². The summed E-state index contributed by atoms with van der Waals surface area (Å²) in [4.78, 5) is 16.2. The minimum Gasteiger partial charge on any atom is -0.454 e. The van der Waals surface area contributed by atoms with Crippen LogP contribution >= 0.6 is 11.3 Å². The molecule has 1 aromatic heterocycles. The normalized spacial score (nSPS) is 12.7. The molecule has 0 saturated carbocycles. The van der Waals surface area contributed by atoms with Crippen molar-refractivity contribution in [2.75, 3.05) is 13.3 Å². The molecule has 0 spiro atoms. The summed E-state index contributed by atoms with van der Waals surface area (Å²) in [7, 11) is 0. The molecule has 116 valence electrons. The second kappa shape index (κ2) is 6.01. The highest BCUT2D eigenvalue weighted by molar-refractivity contribution is 7.17. The highest BCUT2D eigenvalue weighted by atomic mass is 32.1. The number of carbonyl (C=O) groups is 1. The topological polar surface area (TPSA) is 38.8 Å². The fourth-order valence-corrected chi connectivity index (χ4v) is 3.50. The second-order valence-electron chi connectivity index (χ2n) is 5.42. The summed E-state index contributed by atoms with van der Waals surface area (Å²) in [6.45, 7) is 7.06. The molecule has 0 unspecified atom stereocenters. The SMILES string of the molecule is CCN(C(=O)c1ccc(-c2ccc3c(c2)OCO3)s1)C(C)C. The van der Waals surface area contributed by atoms with E-state index in [4.69, 9.17) is 9.47 Å². The van der Waals surface area contributed by atoms with Crippen LogP contribution in [0.15, 0.2) is 30.3 Å². The fourth-order valence-electron chi connectivity index (χ4n) is 2.54. The maximum Gasteiger partial charge on any atom is 0.264 e. The molecule has 0 saturated heterocycles. The Hall–Kier alpha value is -2.01. The van der Waals surface area contributed by atoms with E-state index < -0.39 is 0 Å². The molecule has 4 nitrogen and oxygen atoms in total. The average molecular weight is 317 g/mol. The Bertz CT molecular complexity index is 693. The van der Waals surface area contributed by atoms with E-state index in [0.29, 0.717) is 6.54 Å². The predicted octanol–water partition coefficient (Wildman–Crippen LogP) is 4.01. The third kappa shape index (κ3) is 2.68. The third-order valence-electron chi connectivity index (χ3n) is 3.70. The first kappa shape index (κ1) is 14.9. The van der Waals surface area contributed by atoms with Crippen LogP contribution in [-0.2, 0) is 0 Å². The van der Waals surface area contributed by atoms with Crippen LogP contribution in [0.2, 0.25) is 0 Å². The highest BCUT2D eigenvalue weighted by Crippen LogP contribution is 2.38. The number of fused-ring (bicyclic) bond motifs is 1. The number of amides is 1. The van der Waals surface area contributed by atoms with Gasteiger partial charge in [0.25, 0.3) is 5.91 Å². The molecule has 3 rings (SSSR count). The van der Waals surface area contributed by atoms with Crippen LogP contribution < -0.4 is 9.47 Å². The summed E-state index contributed by atoms with van der Waals surface area (Å²) in [6.07, 6.45) is 0. The monoisotopic (exact) mass is 317 g/mol. The van der Waals surface area contributed by atoms with E-state index in [0.717, 1.165) is 26.8 Å². The number of rotatable bonds is 4. The molecule has 0 radical (unpaired) electrons. The van der Waals surface area contributed by atoms with Crippen molar-refractivity contribution in [1.82, 2.24) is 4.90 Å². The van der Waals surface area contributed by atoms with Gasteiger partial charge in [-0.25, -0.2) is 0 Å². The van der Waals surface area contributed by atoms with E-state index >= 15 is 0 Å². The fraction of sp³-hybridized carbons (Fsp3) is 0.353. The molecular weight excluding hydrogens is 298 g/mol. The molecule has 0 aliphatic carbocycles. The molecule has 0 bridgehead atoms. The average Bonchev–Trinajstić information content (AvgIpc) is 3.15. The molecule has 0 fully saturated rings. The number of thiophene rings is 1. The lowest BCUT2D eigenvalue weighted by Gasteiger charge is -2.24. The molecule has 2 aromatic rings. The van der Waals surface area contributed by atoms with Gasteiger partial charge in [-0.1, -0.05) is 0 Å². The molecule has 0 N–H and O–H groups in total. The lowest BCUT2D eigenvalue weighted by atomic mass is 10.1. The zero-order valence-corrected chi connectivity index (χ0v) is 13.8. The summed E-state index contributed by atoms with van der Waals surface area (Å²) in [5, 5.41) is 0. The molecule has 1 amide bonds. The smallest absolute Gasteiger partial charge is 0.264 e. The number of benzene rings is 1. The van der Waals surface area contributed by atoms with E-state index in [2.05, 4.69) is 0 Å². The largest absolute Gasteiger partial charge is 0.454 e. The second-order valence-corrected chi connectivity index (χ2v) is 6.50. The van der Waals surface area contributed by atoms with Crippen molar-refractivity contribution in [3.63, 3.8) is 0 Å². The summed E-state index contributed by atoms with van der Waals surface area (Å²) >= 11 is 1.51. The molecule has 2 heterocycles. The minimum atomic E-state index is 0.0921. The van der Waals surface area contributed by atoms with E-state index in [1.165, 1.54) is 11.3 Å². The Kier molecular flexibility index (Phi) is 4.07. The summed E-state index contributed by atoms with van der Waals surface area (Å²) in [5.74, 6) is 1.62. The van der Waals surface area contributed by atoms with E-state index in [1.807, 2.05) is 56.0 Å². The minimum absolute atomic E-state index is 0.0921. The van der Waals surface area contributed by atoms with Gasteiger partial charge >= 0.3 is 0 Å². The molecule has 0 atom stereocenters. The van der Waals surface area contributed by atoms with Gasteiger partial charge in [-0.05, 0) is 56.7 Å². The summed E-state index contributed by atoms with van der Waals surface area (Å²) in [5.41, 5.74) is 1.04. The highest BCUT2D eigenvalue weighted by Gasteiger charge is 2.20. The van der Waals surface area contributed by atoms with Gasteiger partial charge in [-0.2, -0.15) is 0 Å². The molecule has 1 aliphatic heterocycles. The van der Waals surface area contributed by atoms with Crippen LogP contribution in [0.3, 0.4) is 0 Å². The van der Waals surface area contributed by atoms with Gasteiger partial charge in [0.1, 0.15) is 0 Å². The van der Waals surface area contributed by atoms with Crippen LogP contribution in [0, 0.1) is 0 Å². The van der Waals surface area contributed by atoms with E-state index in [1.54, 1.807) is 0 Å². The van der Waals surface area contributed by atoms with Crippen molar-refractivity contribution >= 4 is 17.2 Å². The van der Waals surface area contributed by atoms with Gasteiger partial charge in [-0.15, -0.1) is 11.3 Å². The van der Waals surface area contributed by atoms with Gasteiger partial charge in [-0.3, -0.25) is 4.79 Å². The zero-order valence-electron chi connectivity index (χ0n) is 13.0. The number of hydrogen-bond donors (Lipinski definition) is 0. The summed E-state index contributed by atoms with van der Waals surface area (Å²) < 4.78 is 10.7. The zero-order chi connectivity index (χ0) is 15.7. The van der Waals surface area contributed by atoms with Gasteiger partial charge in [0.2, 0.25) is 6.79 Å².